The predicted molar refractivity (Wildman–Crippen MR) is 80.3 cm³/mol. The van der Waals surface area contributed by atoms with Crippen molar-refractivity contribution in [3.8, 4) is 0 Å². The second kappa shape index (κ2) is 6.22. The first-order valence-electron chi connectivity index (χ1n) is 7.41. The maximum atomic E-state index is 3.53. The molecule has 1 aliphatic rings. The maximum Gasteiger partial charge on any atom is 0.0456 e. The Balaban J connectivity index is 1.39. The number of aromatic nitrogens is 1. The van der Waals surface area contributed by atoms with Crippen LogP contribution in [-0.4, -0.2) is 36.1 Å². The molecule has 0 radical (unpaired) electrons. The SMILES string of the molecule is c1ccc2[nH]c(CNCCCN3CCCC3)cc2c1. The largest absolute Gasteiger partial charge is 0.357 e. The van der Waals surface area contributed by atoms with Crippen LogP contribution in [0.15, 0.2) is 30.3 Å². The monoisotopic (exact) mass is 257 g/mol. The number of hydrogen-bond acceptors (Lipinski definition) is 2. The van der Waals surface area contributed by atoms with Crippen LogP contribution in [0, 0.1) is 0 Å². The molecule has 0 unspecified atom stereocenters. The number of H-pyrrole nitrogens is 1. The molecular weight excluding hydrogens is 234 g/mol. The standard InChI is InChI=1S/C16H23N3/c1-2-7-16-14(6-1)12-15(18-16)13-17-8-5-11-19-9-3-4-10-19/h1-2,6-7,12,17-18H,3-5,8-11,13H2. The minimum absolute atomic E-state index is 0.939. The summed E-state index contributed by atoms with van der Waals surface area (Å²) in [6.07, 6.45) is 4.03. The number of hydrogen-bond donors (Lipinski definition) is 2. The third kappa shape index (κ3) is 3.37. The van der Waals surface area contributed by atoms with Crippen LogP contribution >= 0.6 is 0 Å². The number of likely N-dealkylation sites (tertiary alicyclic amines) is 1. The van der Waals surface area contributed by atoms with Crippen molar-refractivity contribution in [3.63, 3.8) is 0 Å². The summed E-state index contributed by atoms with van der Waals surface area (Å²) in [5.41, 5.74) is 2.51. The number of fused-ring (bicyclic) bond motifs is 1. The molecule has 3 rings (SSSR count). The highest BCUT2D eigenvalue weighted by Gasteiger charge is 2.09. The van der Waals surface area contributed by atoms with E-state index in [2.05, 4.69) is 45.5 Å². The van der Waals surface area contributed by atoms with Gasteiger partial charge in [-0.15, -0.1) is 0 Å². The Morgan fingerprint density at radius 2 is 2.00 bits per heavy atom. The Morgan fingerprint density at radius 3 is 2.84 bits per heavy atom. The summed E-state index contributed by atoms with van der Waals surface area (Å²) in [5.74, 6) is 0. The van der Waals surface area contributed by atoms with Crippen molar-refractivity contribution in [2.45, 2.75) is 25.8 Å². The molecule has 1 fully saturated rings. The first kappa shape index (κ1) is 12.7. The highest BCUT2D eigenvalue weighted by molar-refractivity contribution is 5.80. The van der Waals surface area contributed by atoms with Gasteiger partial charge in [-0.25, -0.2) is 0 Å². The normalized spacial score (nSPS) is 16.4. The molecule has 3 heteroatoms. The van der Waals surface area contributed by atoms with Crippen molar-refractivity contribution in [1.29, 1.82) is 0 Å². The van der Waals surface area contributed by atoms with E-state index in [-0.39, 0.29) is 0 Å². The molecule has 1 aromatic heterocycles. The molecule has 0 amide bonds. The summed E-state index contributed by atoms with van der Waals surface area (Å²) in [4.78, 5) is 6.03. The third-order valence-electron chi connectivity index (χ3n) is 3.93. The van der Waals surface area contributed by atoms with Crippen molar-refractivity contribution in [2.75, 3.05) is 26.2 Å². The van der Waals surface area contributed by atoms with Crippen LogP contribution in [0.3, 0.4) is 0 Å². The average Bonchev–Trinajstić information content (AvgIpc) is 3.06. The van der Waals surface area contributed by atoms with Crippen molar-refractivity contribution in [1.82, 2.24) is 15.2 Å². The summed E-state index contributed by atoms with van der Waals surface area (Å²) < 4.78 is 0. The highest BCUT2D eigenvalue weighted by Crippen LogP contribution is 2.14. The molecule has 1 aliphatic heterocycles. The molecule has 2 N–H and O–H groups in total. The molecule has 102 valence electrons. The van der Waals surface area contributed by atoms with Gasteiger partial charge in [-0.2, -0.15) is 0 Å². The Labute approximate surface area is 115 Å². The van der Waals surface area contributed by atoms with Crippen LogP contribution in [0.25, 0.3) is 10.9 Å². The van der Waals surface area contributed by atoms with Gasteiger partial charge in [0.05, 0.1) is 0 Å². The Kier molecular flexibility index (Phi) is 4.16. The molecule has 0 spiro atoms. The van der Waals surface area contributed by atoms with E-state index in [1.54, 1.807) is 0 Å². The minimum Gasteiger partial charge on any atom is -0.357 e. The molecule has 1 saturated heterocycles. The fraction of sp³-hybridized carbons (Fsp3) is 0.500. The van der Waals surface area contributed by atoms with Gasteiger partial charge in [0, 0.05) is 17.8 Å². The fourth-order valence-corrected chi connectivity index (χ4v) is 2.89. The summed E-state index contributed by atoms with van der Waals surface area (Å²) >= 11 is 0. The van der Waals surface area contributed by atoms with E-state index in [0.29, 0.717) is 0 Å². The van der Waals surface area contributed by atoms with Gasteiger partial charge in [0.1, 0.15) is 0 Å². The molecule has 2 heterocycles. The number of nitrogens with one attached hydrogen (secondary N) is 2. The first-order chi connectivity index (χ1) is 9.42. The molecule has 0 aliphatic carbocycles. The quantitative estimate of drug-likeness (QED) is 0.780. The molecule has 0 bridgehead atoms. The molecule has 19 heavy (non-hydrogen) atoms. The lowest BCUT2D eigenvalue weighted by atomic mass is 10.2. The zero-order chi connectivity index (χ0) is 12.9. The van der Waals surface area contributed by atoms with Gasteiger partial charge in [0.2, 0.25) is 0 Å². The van der Waals surface area contributed by atoms with E-state index in [9.17, 15) is 0 Å². The van der Waals surface area contributed by atoms with Gasteiger partial charge in [-0.1, -0.05) is 18.2 Å². The lowest BCUT2D eigenvalue weighted by molar-refractivity contribution is 0.331. The minimum atomic E-state index is 0.939. The topological polar surface area (TPSA) is 31.1 Å². The summed E-state index contributed by atoms with van der Waals surface area (Å²) in [6, 6.07) is 10.7. The van der Waals surface area contributed by atoms with Gasteiger partial charge in [0.25, 0.3) is 0 Å². The Morgan fingerprint density at radius 1 is 1.16 bits per heavy atom. The lowest BCUT2D eigenvalue weighted by Crippen LogP contribution is -2.24. The van der Waals surface area contributed by atoms with Crippen molar-refractivity contribution in [3.05, 3.63) is 36.0 Å². The van der Waals surface area contributed by atoms with Crippen LogP contribution in [0.5, 0.6) is 0 Å². The number of nitrogens with zero attached hydrogens (tertiary/aromatic N) is 1. The maximum absolute atomic E-state index is 3.53. The van der Waals surface area contributed by atoms with Crippen LogP contribution in [0.2, 0.25) is 0 Å². The van der Waals surface area contributed by atoms with Gasteiger partial charge in [-0.05, 0) is 63.0 Å². The number of benzene rings is 1. The van der Waals surface area contributed by atoms with Crippen molar-refractivity contribution >= 4 is 10.9 Å². The fourth-order valence-electron chi connectivity index (χ4n) is 2.89. The summed E-state index contributed by atoms with van der Waals surface area (Å²) in [5, 5.41) is 4.83. The van der Waals surface area contributed by atoms with Crippen LogP contribution < -0.4 is 5.32 Å². The smallest absolute Gasteiger partial charge is 0.0456 e. The predicted octanol–water partition coefficient (Wildman–Crippen LogP) is 2.74. The zero-order valence-electron chi connectivity index (χ0n) is 11.5. The molecule has 0 atom stereocenters. The van der Waals surface area contributed by atoms with Crippen LogP contribution in [0.1, 0.15) is 25.0 Å². The average molecular weight is 257 g/mol. The zero-order valence-corrected chi connectivity index (χ0v) is 11.5. The van der Waals surface area contributed by atoms with E-state index in [4.69, 9.17) is 0 Å². The molecule has 1 aromatic carbocycles. The van der Waals surface area contributed by atoms with Crippen LogP contribution in [-0.2, 0) is 6.54 Å². The second-order valence-electron chi connectivity index (χ2n) is 5.46. The Bertz CT molecular complexity index is 478. The molecule has 2 aromatic rings. The van der Waals surface area contributed by atoms with E-state index < -0.39 is 0 Å². The Hall–Kier alpha value is -1.32. The van der Waals surface area contributed by atoms with E-state index in [1.807, 2.05) is 0 Å². The lowest BCUT2D eigenvalue weighted by Gasteiger charge is -2.14. The van der Waals surface area contributed by atoms with Gasteiger partial charge >= 0.3 is 0 Å². The van der Waals surface area contributed by atoms with Gasteiger partial charge < -0.3 is 15.2 Å². The third-order valence-corrected chi connectivity index (χ3v) is 3.93. The number of aromatic amines is 1. The molecule has 3 nitrogen and oxygen atoms in total. The number of rotatable bonds is 6. The van der Waals surface area contributed by atoms with E-state index in [0.717, 1.165) is 13.1 Å². The second-order valence-corrected chi connectivity index (χ2v) is 5.46. The van der Waals surface area contributed by atoms with Gasteiger partial charge in [0.15, 0.2) is 0 Å². The summed E-state index contributed by atoms with van der Waals surface area (Å²) in [7, 11) is 0. The van der Waals surface area contributed by atoms with E-state index in [1.165, 1.54) is 55.5 Å². The first-order valence-corrected chi connectivity index (χ1v) is 7.41. The van der Waals surface area contributed by atoms with Crippen LogP contribution in [0.4, 0.5) is 0 Å². The molecule has 0 saturated carbocycles. The van der Waals surface area contributed by atoms with Gasteiger partial charge in [-0.3, -0.25) is 0 Å². The highest BCUT2D eigenvalue weighted by atomic mass is 15.1. The molecular formula is C16H23N3. The number of para-hydroxylation sites is 1. The van der Waals surface area contributed by atoms with Crippen molar-refractivity contribution < 1.29 is 0 Å². The van der Waals surface area contributed by atoms with E-state index >= 15 is 0 Å². The summed E-state index contributed by atoms with van der Waals surface area (Å²) in [6.45, 7) is 5.91. The van der Waals surface area contributed by atoms with Crippen molar-refractivity contribution in [2.24, 2.45) is 0 Å².